The van der Waals surface area contributed by atoms with Gasteiger partial charge in [0.1, 0.15) is 0 Å². The summed E-state index contributed by atoms with van der Waals surface area (Å²) in [6.07, 6.45) is 2.10. The summed E-state index contributed by atoms with van der Waals surface area (Å²) < 4.78 is 0. The van der Waals surface area contributed by atoms with Crippen molar-refractivity contribution in [3.05, 3.63) is 11.8 Å². The van der Waals surface area contributed by atoms with Gasteiger partial charge in [-0.25, -0.2) is 0 Å². The SMILES string of the molecule is CC(C)/C=C(\N)C(C)C. The molecule has 0 unspecified atom stereocenters. The second-order valence-electron chi connectivity index (χ2n) is 3.07. The molecule has 0 heterocycles. The number of hydrogen-bond acceptors (Lipinski definition) is 1. The lowest BCUT2D eigenvalue weighted by atomic mass is 10.1. The highest BCUT2D eigenvalue weighted by molar-refractivity contribution is 5.00. The molecular weight excluding hydrogens is 110 g/mol. The van der Waals surface area contributed by atoms with E-state index in [1.165, 1.54) is 0 Å². The van der Waals surface area contributed by atoms with Crippen molar-refractivity contribution in [2.75, 3.05) is 0 Å². The van der Waals surface area contributed by atoms with Crippen LogP contribution in [0, 0.1) is 11.8 Å². The minimum atomic E-state index is 0.493. The van der Waals surface area contributed by atoms with E-state index >= 15 is 0 Å². The number of rotatable bonds is 2. The van der Waals surface area contributed by atoms with Crippen molar-refractivity contribution < 1.29 is 0 Å². The van der Waals surface area contributed by atoms with Gasteiger partial charge in [0.2, 0.25) is 0 Å². The fourth-order valence-electron chi connectivity index (χ4n) is 0.577. The average molecular weight is 127 g/mol. The Labute approximate surface area is 57.9 Å². The van der Waals surface area contributed by atoms with Crippen LogP contribution >= 0.6 is 0 Å². The second-order valence-corrected chi connectivity index (χ2v) is 3.07. The van der Waals surface area contributed by atoms with Crippen LogP contribution in [-0.4, -0.2) is 0 Å². The van der Waals surface area contributed by atoms with Gasteiger partial charge in [-0.15, -0.1) is 0 Å². The third kappa shape index (κ3) is 4.07. The molecule has 0 saturated carbocycles. The molecule has 0 bridgehead atoms. The van der Waals surface area contributed by atoms with Crippen LogP contribution in [0.25, 0.3) is 0 Å². The first kappa shape index (κ1) is 8.54. The first-order valence-corrected chi connectivity index (χ1v) is 3.51. The molecule has 0 atom stereocenters. The Balaban J connectivity index is 3.84. The van der Waals surface area contributed by atoms with Gasteiger partial charge in [-0.3, -0.25) is 0 Å². The molecule has 1 heteroatoms. The van der Waals surface area contributed by atoms with Crippen LogP contribution in [0.3, 0.4) is 0 Å². The predicted octanol–water partition coefficient (Wildman–Crippen LogP) is 2.14. The molecular formula is C8H17N. The molecule has 54 valence electrons. The van der Waals surface area contributed by atoms with Crippen molar-refractivity contribution in [1.29, 1.82) is 0 Å². The van der Waals surface area contributed by atoms with Gasteiger partial charge in [0.25, 0.3) is 0 Å². The Morgan fingerprint density at radius 1 is 1.22 bits per heavy atom. The van der Waals surface area contributed by atoms with Crippen LogP contribution < -0.4 is 5.73 Å². The summed E-state index contributed by atoms with van der Waals surface area (Å²) in [7, 11) is 0. The highest BCUT2D eigenvalue weighted by atomic mass is 14.6. The third-order valence-corrected chi connectivity index (χ3v) is 1.19. The largest absolute Gasteiger partial charge is 0.402 e. The Kier molecular flexibility index (Phi) is 3.36. The number of allylic oxidation sites excluding steroid dienone is 2. The lowest BCUT2D eigenvalue weighted by molar-refractivity contribution is 0.721. The van der Waals surface area contributed by atoms with E-state index in [1.54, 1.807) is 0 Å². The lowest BCUT2D eigenvalue weighted by Gasteiger charge is -2.05. The fraction of sp³-hybridized carbons (Fsp3) is 0.750. The third-order valence-electron chi connectivity index (χ3n) is 1.19. The van der Waals surface area contributed by atoms with Crippen LogP contribution in [0.15, 0.2) is 11.8 Å². The Morgan fingerprint density at radius 3 is 1.78 bits per heavy atom. The standard InChI is InChI=1S/C8H17N/c1-6(2)5-8(9)7(3)4/h5-7H,9H2,1-4H3/b8-5-. The van der Waals surface area contributed by atoms with E-state index in [9.17, 15) is 0 Å². The number of nitrogens with two attached hydrogens (primary N) is 1. The molecule has 0 rings (SSSR count). The van der Waals surface area contributed by atoms with Crippen LogP contribution in [0.4, 0.5) is 0 Å². The lowest BCUT2D eigenvalue weighted by Crippen LogP contribution is -2.05. The minimum absolute atomic E-state index is 0.493. The van der Waals surface area contributed by atoms with E-state index in [4.69, 9.17) is 5.73 Å². The van der Waals surface area contributed by atoms with E-state index in [1.807, 2.05) is 0 Å². The smallest absolute Gasteiger partial charge is 0.00685 e. The average Bonchev–Trinajstić information content (AvgIpc) is 1.63. The van der Waals surface area contributed by atoms with Crippen molar-refractivity contribution in [3.8, 4) is 0 Å². The zero-order valence-electron chi connectivity index (χ0n) is 6.81. The van der Waals surface area contributed by atoms with Gasteiger partial charge in [0, 0.05) is 5.70 Å². The zero-order valence-corrected chi connectivity index (χ0v) is 6.81. The second kappa shape index (κ2) is 3.54. The quantitative estimate of drug-likeness (QED) is 0.604. The van der Waals surface area contributed by atoms with Gasteiger partial charge in [-0.1, -0.05) is 33.8 Å². The summed E-state index contributed by atoms with van der Waals surface area (Å²) in [5, 5.41) is 0. The van der Waals surface area contributed by atoms with Gasteiger partial charge in [0.05, 0.1) is 0 Å². The molecule has 2 N–H and O–H groups in total. The van der Waals surface area contributed by atoms with Crippen molar-refractivity contribution in [3.63, 3.8) is 0 Å². The van der Waals surface area contributed by atoms with Gasteiger partial charge >= 0.3 is 0 Å². The fourth-order valence-corrected chi connectivity index (χ4v) is 0.577. The molecule has 0 spiro atoms. The molecule has 0 radical (unpaired) electrons. The molecule has 0 aromatic heterocycles. The van der Waals surface area contributed by atoms with Crippen molar-refractivity contribution >= 4 is 0 Å². The van der Waals surface area contributed by atoms with Crippen LogP contribution in [0.2, 0.25) is 0 Å². The number of hydrogen-bond donors (Lipinski definition) is 1. The molecule has 0 fully saturated rings. The molecule has 0 aromatic rings. The maximum atomic E-state index is 5.68. The molecule has 9 heavy (non-hydrogen) atoms. The summed E-state index contributed by atoms with van der Waals surface area (Å²) in [6, 6.07) is 0. The molecule has 0 aliphatic carbocycles. The highest BCUT2D eigenvalue weighted by Gasteiger charge is 1.96. The van der Waals surface area contributed by atoms with E-state index in [2.05, 4.69) is 33.8 Å². The van der Waals surface area contributed by atoms with Crippen LogP contribution in [0.1, 0.15) is 27.7 Å². The molecule has 0 amide bonds. The molecule has 1 nitrogen and oxygen atoms in total. The van der Waals surface area contributed by atoms with Crippen molar-refractivity contribution in [2.24, 2.45) is 17.6 Å². The molecule has 0 aliphatic rings. The van der Waals surface area contributed by atoms with Gasteiger partial charge in [-0.05, 0) is 11.8 Å². The van der Waals surface area contributed by atoms with Gasteiger partial charge < -0.3 is 5.73 Å². The van der Waals surface area contributed by atoms with E-state index in [0.29, 0.717) is 11.8 Å². The summed E-state index contributed by atoms with van der Waals surface area (Å²) >= 11 is 0. The summed E-state index contributed by atoms with van der Waals surface area (Å²) in [6.45, 7) is 8.48. The van der Waals surface area contributed by atoms with E-state index in [-0.39, 0.29) is 0 Å². The predicted molar refractivity (Wildman–Crippen MR) is 41.9 cm³/mol. The highest BCUT2D eigenvalue weighted by Crippen LogP contribution is 2.05. The summed E-state index contributed by atoms with van der Waals surface area (Å²) in [5.74, 6) is 1.07. The Bertz CT molecular complexity index is 101. The van der Waals surface area contributed by atoms with Gasteiger partial charge in [0.15, 0.2) is 0 Å². The van der Waals surface area contributed by atoms with Crippen LogP contribution in [-0.2, 0) is 0 Å². The maximum Gasteiger partial charge on any atom is 0.00685 e. The molecule has 0 aliphatic heterocycles. The first-order chi connectivity index (χ1) is 4.04. The van der Waals surface area contributed by atoms with E-state index in [0.717, 1.165) is 5.70 Å². The van der Waals surface area contributed by atoms with Gasteiger partial charge in [-0.2, -0.15) is 0 Å². The van der Waals surface area contributed by atoms with Crippen LogP contribution in [0.5, 0.6) is 0 Å². The minimum Gasteiger partial charge on any atom is -0.402 e. The summed E-state index contributed by atoms with van der Waals surface area (Å²) in [5.41, 5.74) is 6.68. The monoisotopic (exact) mass is 127 g/mol. The van der Waals surface area contributed by atoms with E-state index < -0.39 is 0 Å². The zero-order chi connectivity index (χ0) is 7.44. The molecule has 0 aromatic carbocycles. The Morgan fingerprint density at radius 2 is 1.67 bits per heavy atom. The van der Waals surface area contributed by atoms with Crippen molar-refractivity contribution in [2.45, 2.75) is 27.7 Å². The topological polar surface area (TPSA) is 26.0 Å². The van der Waals surface area contributed by atoms with Crippen molar-refractivity contribution in [1.82, 2.24) is 0 Å². The summed E-state index contributed by atoms with van der Waals surface area (Å²) in [4.78, 5) is 0. The molecule has 0 saturated heterocycles. The normalized spacial score (nSPS) is 13.3. The first-order valence-electron chi connectivity index (χ1n) is 3.51. The maximum absolute atomic E-state index is 5.68. The Hall–Kier alpha value is -0.460.